The van der Waals surface area contributed by atoms with Crippen molar-refractivity contribution >= 4 is 23.9 Å². The van der Waals surface area contributed by atoms with Gasteiger partial charge in [0.1, 0.15) is 18.3 Å². The molecule has 0 radical (unpaired) electrons. The lowest BCUT2D eigenvalue weighted by molar-refractivity contribution is -0.212. The van der Waals surface area contributed by atoms with Gasteiger partial charge in [-0.3, -0.25) is 14.4 Å². The summed E-state index contributed by atoms with van der Waals surface area (Å²) in [5.74, 6) is -2.71. The minimum atomic E-state index is -1.33. The monoisotopic (exact) mass is 506 g/mol. The van der Waals surface area contributed by atoms with Crippen LogP contribution in [0.4, 0.5) is 0 Å². The normalized spacial score (nSPS) is 50.0. The Balaban J connectivity index is 1.75. The van der Waals surface area contributed by atoms with Crippen molar-refractivity contribution in [3.8, 4) is 0 Å². The van der Waals surface area contributed by atoms with Crippen LogP contribution in [0.3, 0.4) is 0 Å². The molecule has 0 bridgehead atoms. The molecule has 10 heteroatoms. The Morgan fingerprint density at radius 2 is 1.58 bits per heavy atom. The first kappa shape index (κ1) is 25.2. The lowest BCUT2D eigenvalue weighted by Gasteiger charge is -2.54. The largest absolute Gasteiger partial charge is 0.462 e. The van der Waals surface area contributed by atoms with E-state index in [1.54, 1.807) is 6.92 Å². The Labute approximate surface area is 209 Å². The second kappa shape index (κ2) is 7.77. The topological polar surface area (TPSA) is 130 Å². The highest BCUT2D eigenvalue weighted by Gasteiger charge is 2.89. The summed E-state index contributed by atoms with van der Waals surface area (Å²) in [6.07, 6.45) is -0.313. The van der Waals surface area contributed by atoms with Gasteiger partial charge in [0.2, 0.25) is 0 Å². The van der Waals surface area contributed by atoms with Crippen molar-refractivity contribution in [2.75, 3.05) is 0 Å². The van der Waals surface area contributed by atoms with Crippen molar-refractivity contribution in [3.63, 3.8) is 0 Å². The number of hydrogen-bond donors (Lipinski definition) is 0. The second-order valence-electron chi connectivity index (χ2n) is 11.4. The zero-order chi connectivity index (χ0) is 26.4. The molecule has 0 aromatic rings. The lowest BCUT2D eigenvalue weighted by Crippen LogP contribution is -2.66. The predicted molar refractivity (Wildman–Crippen MR) is 121 cm³/mol. The molecule has 0 aromatic carbocycles. The van der Waals surface area contributed by atoms with Gasteiger partial charge in [0.15, 0.2) is 17.3 Å². The van der Waals surface area contributed by atoms with Gasteiger partial charge in [0.25, 0.3) is 0 Å². The van der Waals surface area contributed by atoms with Crippen molar-refractivity contribution < 1.29 is 47.6 Å². The quantitative estimate of drug-likeness (QED) is 0.243. The Hall–Kier alpha value is -2.46. The van der Waals surface area contributed by atoms with Crippen LogP contribution in [0.1, 0.15) is 67.7 Å². The third kappa shape index (κ3) is 3.29. The summed E-state index contributed by atoms with van der Waals surface area (Å²) < 4.78 is 36.0. The molecule has 0 N–H and O–H groups in total. The van der Waals surface area contributed by atoms with Crippen molar-refractivity contribution in [2.45, 2.75) is 115 Å². The van der Waals surface area contributed by atoms with E-state index in [0.717, 1.165) is 5.57 Å². The summed E-state index contributed by atoms with van der Waals surface area (Å²) in [6.45, 7) is 11.3. The average Bonchev–Trinajstić information content (AvgIpc) is 3.58. The first-order valence-electron chi connectivity index (χ1n) is 12.5. The van der Waals surface area contributed by atoms with Crippen molar-refractivity contribution in [2.24, 2.45) is 11.3 Å². The molecule has 3 aliphatic heterocycles. The van der Waals surface area contributed by atoms with Gasteiger partial charge >= 0.3 is 23.9 Å². The van der Waals surface area contributed by atoms with Crippen LogP contribution in [0.25, 0.3) is 0 Å². The fraction of sp³-hybridized carbons (Fsp3) is 0.769. The molecule has 4 fully saturated rings. The van der Waals surface area contributed by atoms with Crippen LogP contribution in [0, 0.1) is 11.3 Å². The summed E-state index contributed by atoms with van der Waals surface area (Å²) >= 11 is 0. The second-order valence-corrected chi connectivity index (χ2v) is 11.4. The van der Waals surface area contributed by atoms with Gasteiger partial charge < -0.3 is 28.4 Å². The fourth-order valence-corrected chi connectivity index (χ4v) is 7.29. The Morgan fingerprint density at radius 1 is 0.972 bits per heavy atom. The van der Waals surface area contributed by atoms with Crippen LogP contribution in [-0.4, -0.2) is 71.2 Å². The smallest absolute Gasteiger partial charge is 0.342 e. The van der Waals surface area contributed by atoms with E-state index >= 15 is 0 Å². The van der Waals surface area contributed by atoms with Gasteiger partial charge in [-0.2, -0.15) is 0 Å². The van der Waals surface area contributed by atoms with Crippen molar-refractivity contribution in [1.29, 1.82) is 0 Å². The number of ether oxygens (including phenoxy) is 6. The summed E-state index contributed by atoms with van der Waals surface area (Å²) in [6, 6.07) is 0. The highest BCUT2D eigenvalue weighted by molar-refractivity contribution is 5.89. The number of allylic oxidation sites excluding steroid dienone is 1. The van der Waals surface area contributed by atoms with E-state index in [1.807, 2.05) is 26.8 Å². The minimum Gasteiger partial charge on any atom is -0.462 e. The summed E-state index contributed by atoms with van der Waals surface area (Å²) in [4.78, 5) is 50.1. The molecule has 3 saturated heterocycles. The highest BCUT2D eigenvalue weighted by atomic mass is 16.7. The van der Waals surface area contributed by atoms with Gasteiger partial charge in [-0.05, 0) is 39.7 Å². The van der Waals surface area contributed by atoms with Crippen LogP contribution >= 0.6 is 0 Å². The molecule has 198 valence electrons. The number of carbonyl (C=O) groups is 4. The third-order valence-corrected chi connectivity index (χ3v) is 9.08. The zero-order valence-electron chi connectivity index (χ0n) is 21.7. The number of epoxide rings is 2. The Kier molecular flexibility index (Phi) is 5.44. The number of rotatable bonds is 3. The SMILES string of the molecule is CC(=O)O[C@H]1CC/C(C)=C\[C@@H]2OC(=O)[C@]3(C)O[C@]23[C@@H](OC(C)=O)[C@H]2[C@@]3(C)O[C@H]3C[C@H](OC(C)=O)[C@]12C. The average molecular weight is 507 g/mol. The molecule has 0 amide bonds. The van der Waals surface area contributed by atoms with Gasteiger partial charge in [0.05, 0.1) is 17.1 Å². The Morgan fingerprint density at radius 3 is 2.17 bits per heavy atom. The standard InChI is InChI=1S/C26H34O10/c1-12-8-9-16(31-13(2)27)23(5)17(32-14(3)28)11-18-24(6,35-18)20(23)21(33-15(4)29)26-19(10-12)34-22(30)25(26,7)36-26/h10,16-21H,8-9,11H2,1-7H3/b12-10-/t16-,17-,18-,19-,20+,21-,23-,24-,25-,26-/m0/s1. The minimum absolute atomic E-state index is 0.283. The molecule has 5 rings (SSSR count). The van der Waals surface area contributed by atoms with Gasteiger partial charge in [-0.1, -0.05) is 12.5 Å². The van der Waals surface area contributed by atoms with Gasteiger partial charge in [-0.15, -0.1) is 0 Å². The molecular weight excluding hydrogens is 472 g/mol. The maximum atomic E-state index is 13.0. The molecule has 3 heterocycles. The first-order chi connectivity index (χ1) is 16.7. The van der Waals surface area contributed by atoms with E-state index in [9.17, 15) is 19.2 Å². The van der Waals surface area contributed by atoms with Gasteiger partial charge in [0, 0.05) is 33.1 Å². The van der Waals surface area contributed by atoms with Crippen LogP contribution in [0.15, 0.2) is 11.6 Å². The van der Waals surface area contributed by atoms with E-state index in [4.69, 9.17) is 28.4 Å². The maximum Gasteiger partial charge on any atom is 0.342 e. The van der Waals surface area contributed by atoms with E-state index < -0.39 is 76.4 Å². The number of esters is 4. The van der Waals surface area contributed by atoms with E-state index in [2.05, 4.69) is 0 Å². The molecule has 5 aliphatic rings. The number of fused-ring (bicyclic) bond motifs is 3. The summed E-state index contributed by atoms with van der Waals surface area (Å²) in [7, 11) is 0. The predicted octanol–water partition coefficient (Wildman–Crippen LogP) is 2.16. The molecular formula is C26H34O10. The van der Waals surface area contributed by atoms with Crippen molar-refractivity contribution in [3.05, 3.63) is 11.6 Å². The van der Waals surface area contributed by atoms with Gasteiger partial charge in [-0.25, -0.2) is 4.79 Å². The van der Waals surface area contributed by atoms with Crippen molar-refractivity contribution in [1.82, 2.24) is 0 Å². The van der Waals surface area contributed by atoms with E-state index in [0.29, 0.717) is 19.3 Å². The molecule has 0 aromatic heterocycles. The molecule has 1 spiro atoms. The summed E-state index contributed by atoms with van der Waals surface area (Å²) in [5.41, 5.74) is -3.59. The first-order valence-corrected chi connectivity index (χ1v) is 12.5. The third-order valence-electron chi connectivity index (χ3n) is 9.08. The maximum absolute atomic E-state index is 13.0. The Bertz CT molecular complexity index is 1070. The molecule has 1 saturated carbocycles. The summed E-state index contributed by atoms with van der Waals surface area (Å²) in [5, 5.41) is 0. The van der Waals surface area contributed by atoms with Crippen LogP contribution in [-0.2, 0) is 47.6 Å². The molecule has 10 nitrogen and oxygen atoms in total. The zero-order valence-corrected chi connectivity index (χ0v) is 21.7. The molecule has 2 aliphatic carbocycles. The van der Waals surface area contributed by atoms with E-state index in [1.165, 1.54) is 20.8 Å². The van der Waals surface area contributed by atoms with Crippen LogP contribution in [0.5, 0.6) is 0 Å². The lowest BCUT2D eigenvalue weighted by atomic mass is 9.53. The number of hydrogen-bond acceptors (Lipinski definition) is 10. The number of carbonyl (C=O) groups excluding carboxylic acids is 4. The molecule has 0 unspecified atom stereocenters. The highest BCUT2D eigenvalue weighted by Crippen LogP contribution is 2.69. The van der Waals surface area contributed by atoms with E-state index in [-0.39, 0.29) is 6.10 Å². The van der Waals surface area contributed by atoms with Crippen LogP contribution < -0.4 is 0 Å². The fourth-order valence-electron chi connectivity index (χ4n) is 7.29. The van der Waals surface area contributed by atoms with Crippen LogP contribution in [0.2, 0.25) is 0 Å². The molecule has 36 heavy (non-hydrogen) atoms. The molecule has 10 atom stereocenters.